The van der Waals surface area contributed by atoms with Gasteiger partial charge in [0.1, 0.15) is 0 Å². The molecule has 0 aliphatic carbocycles. The Kier molecular flexibility index (Phi) is 4.15. The van der Waals surface area contributed by atoms with Crippen LogP contribution in [0.25, 0.3) is 0 Å². The second-order valence-electron chi connectivity index (χ2n) is 3.99. The summed E-state index contributed by atoms with van der Waals surface area (Å²) in [6.45, 7) is 6.60. The van der Waals surface area contributed by atoms with Crippen molar-refractivity contribution in [3.63, 3.8) is 0 Å². The molecule has 1 aromatic rings. The van der Waals surface area contributed by atoms with Crippen molar-refractivity contribution >= 4 is 0 Å². The summed E-state index contributed by atoms with van der Waals surface area (Å²) in [7, 11) is 0. The standard InChI is InChI=1S/C13H21N/c1-4-10(3)11-6-8-12(9-7-11)13(14)5-2/h6-10,13H,4-5,14H2,1-3H3/t10-,13+/m1/s1. The van der Waals surface area contributed by atoms with Crippen LogP contribution in [0.4, 0.5) is 0 Å². The quantitative estimate of drug-likeness (QED) is 0.773. The van der Waals surface area contributed by atoms with Crippen LogP contribution < -0.4 is 5.73 Å². The predicted molar refractivity (Wildman–Crippen MR) is 62.4 cm³/mol. The van der Waals surface area contributed by atoms with Gasteiger partial charge in [0.05, 0.1) is 0 Å². The van der Waals surface area contributed by atoms with E-state index in [-0.39, 0.29) is 6.04 Å². The zero-order chi connectivity index (χ0) is 10.6. The molecule has 14 heavy (non-hydrogen) atoms. The Morgan fingerprint density at radius 3 is 1.93 bits per heavy atom. The fraction of sp³-hybridized carbons (Fsp3) is 0.538. The van der Waals surface area contributed by atoms with Crippen LogP contribution in [0, 0.1) is 0 Å². The van der Waals surface area contributed by atoms with Gasteiger partial charge >= 0.3 is 0 Å². The molecular formula is C13H21N. The Balaban J connectivity index is 2.78. The fourth-order valence-electron chi connectivity index (χ4n) is 1.54. The number of hydrogen-bond donors (Lipinski definition) is 1. The third kappa shape index (κ3) is 2.58. The van der Waals surface area contributed by atoms with E-state index in [2.05, 4.69) is 45.0 Å². The van der Waals surface area contributed by atoms with Crippen molar-refractivity contribution in [2.24, 2.45) is 5.73 Å². The molecule has 0 aliphatic heterocycles. The third-order valence-electron chi connectivity index (χ3n) is 2.99. The minimum atomic E-state index is 0.195. The minimum absolute atomic E-state index is 0.195. The van der Waals surface area contributed by atoms with Gasteiger partial charge in [-0.25, -0.2) is 0 Å². The number of hydrogen-bond acceptors (Lipinski definition) is 1. The van der Waals surface area contributed by atoms with E-state index in [9.17, 15) is 0 Å². The molecule has 1 nitrogen and oxygen atoms in total. The molecule has 0 aromatic heterocycles. The third-order valence-corrected chi connectivity index (χ3v) is 2.99. The largest absolute Gasteiger partial charge is 0.324 e. The molecule has 0 amide bonds. The molecule has 0 unspecified atom stereocenters. The van der Waals surface area contributed by atoms with Crippen molar-refractivity contribution in [3.8, 4) is 0 Å². The number of nitrogens with two attached hydrogens (primary N) is 1. The van der Waals surface area contributed by atoms with Crippen molar-refractivity contribution in [2.45, 2.75) is 45.6 Å². The zero-order valence-corrected chi connectivity index (χ0v) is 9.46. The summed E-state index contributed by atoms with van der Waals surface area (Å²) in [4.78, 5) is 0. The van der Waals surface area contributed by atoms with E-state index < -0.39 is 0 Å². The van der Waals surface area contributed by atoms with Crippen LogP contribution in [-0.2, 0) is 0 Å². The molecule has 2 N–H and O–H groups in total. The highest BCUT2D eigenvalue weighted by atomic mass is 14.6. The van der Waals surface area contributed by atoms with Crippen molar-refractivity contribution in [1.29, 1.82) is 0 Å². The van der Waals surface area contributed by atoms with E-state index >= 15 is 0 Å². The van der Waals surface area contributed by atoms with Gasteiger partial charge in [0.15, 0.2) is 0 Å². The highest BCUT2D eigenvalue weighted by Gasteiger charge is 2.05. The summed E-state index contributed by atoms with van der Waals surface area (Å²) >= 11 is 0. The molecule has 0 saturated heterocycles. The molecule has 0 fully saturated rings. The first-order valence-corrected chi connectivity index (χ1v) is 5.54. The molecule has 0 radical (unpaired) electrons. The van der Waals surface area contributed by atoms with Crippen LogP contribution in [-0.4, -0.2) is 0 Å². The Bertz CT molecular complexity index is 234. The zero-order valence-electron chi connectivity index (χ0n) is 9.46. The topological polar surface area (TPSA) is 26.0 Å². The van der Waals surface area contributed by atoms with Gasteiger partial charge < -0.3 is 5.73 Å². The van der Waals surface area contributed by atoms with Gasteiger partial charge in [-0.3, -0.25) is 0 Å². The van der Waals surface area contributed by atoms with Crippen LogP contribution in [0.3, 0.4) is 0 Å². The Morgan fingerprint density at radius 2 is 1.50 bits per heavy atom. The Hall–Kier alpha value is -0.820. The van der Waals surface area contributed by atoms with Crippen LogP contribution in [0.2, 0.25) is 0 Å². The highest BCUT2D eigenvalue weighted by molar-refractivity contribution is 5.26. The maximum atomic E-state index is 5.95. The first-order chi connectivity index (χ1) is 6.69. The van der Waals surface area contributed by atoms with Crippen LogP contribution in [0.5, 0.6) is 0 Å². The van der Waals surface area contributed by atoms with Gasteiger partial charge in [-0.15, -0.1) is 0 Å². The van der Waals surface area contributed by atoms with Gasteiger partial charge in [-0.1, -0.05) is 45.0 Å². The number of benzene rings is 1. The molecule has 1 heteroatoms. The van der Waals surface area contributed by atoms with Gasteiger partial charge in [0.2, 0.25) is 0 Å². The molecule has 0 heterocycles. The molecule has 0 saturated carbocycles. The SMILES string of the molecule is CC[C@@H](C)c1ccc([C@@H](N)CC)cc1. The summed E-state index contributed by atoms with van der Waals surface area (Å²) < 4.78 is 0. The monoisotopic (exact) mass is 191 g/mol. The van der Waals surface area contributed by atoms with E-state index in [0.29, 0.717) is 5.92 Å². The lowest BCUT2D eigenvalue weighted by molar-refractivity contribution is 0.694. The summed E-state index contributed by atoms with van der Waals surface area (Å²) in [5, 5.41) is 0. The normalized spacial score (nSPS) is 15.1. The van der Waals surface area contributed by atoms with E-state index in [1.54, 1.807) is 0 Å². The second kappa shape index (κ2) is 5.16. The van der Waals surface area contributed by atoms with E-state index in [0.717, 1.165) is 6.42 Å². The first kappa shape index (κ1) is 11.3. The van der Waals surface area contributed by atoms with Gasteiger partial charge in [0, 0.05) is 6.04 Å². The van der Waals surface area contributed by atoms with Crippen molar-refractivity contribution < 1.29 is 0 Å². The average Bonchev–Trinajstić information content (AvgIpc) is 2.27. The molecule has 2 atom stereocenters. The molecule has 0 bridgehead atoms. The minimum Gasteiger partial charge on any atom is -0.324 e. The van der Waals surface area contributed by atoms with Crippen molar-refractivity contribution in [1.82, 2.24) is 0 Å². The van der Waals surface area contributed by atoms with Crippen LogP contribution >= 0.6 is 0 Å². The maximum Gasteiger partial charge on any atom is 0.0292 e. The summed E-state index contributed by atoms with van der Waals surface area (Å²) in [5.41, 5.74) is 8.62. The molecular weight excluding hydrogens is 170 g/mol. The lowest BCUT2D eigenvalue weighted by Gasteiger charge is -2.12. The lowest BCUT2D eigenvalue weighted by atomic mass is 9.96. The lowest BCUT2D eigenvalue weighted by Crippen LogP contribution is -2.08. The maximum absolute atomic E-state index is 5.95. The second-order valence-corrected chi connectivity index (χ2v) is 3.99. The van der Waals surface area contributed by atoms with Crippen molar-refractivity contribution in [2.75, 3.05) is 0 Å². The van der Waals surface area contributed by atoms with Gasteiger partial charge in [-0.05, 0) is 29.9 Å². The van der Waals surface area contributed by atoms with Crippen LogP contribution in [0.1, 0.15) is 56.7 Å². The fourth-order valence-corrected chi connectivity index (χ4v) is 1.54. The molecule has 1 rings (SSSR count). The predicted octanol–water partition coefficient (Wildman–Crippen LogP) is 3.61. The van der Waals surface area contributed by atoms with Crippen LogP contribution in [0.15, 0.2) is 24.3 Å². The van der Waals surface area contributed by atoms with Gasteiger partial charge in [-0.2, -0.15) is 0 Å². The summed E-state index contributed by atoms with van der Waals surface area (Å²) in [6.07, 6.45) is 2.20. The highest BCUT2D eigenvalue weighted by Crippen LogP contribution is 2.21. The number of rotatable bonds is 4. The summed E-state index contributed by atoms with van der Waals surface area (Å²) in [6, 6.07) is 8.93. The Labute approximate surface area is 87.3 Å². The van der Waals surface area contributed by atoms with E-state index in [1.165, 1.54) is 17.5 Å². The molecule has 0 aliphatic rings. The molecule has 0 spiro atoms. The molecule has 78 valence electrons. The van der Waals surface area contributed by atoms with Crippen molar-refractivity contribution in [3.05, 3.63) is 35.4 Å². The average molecular weight is 191 g/mol. The summed E-state index contributed by atoms with van der Waals surface area (Å²) in [5.74, 6) is 0.655. The molecule has 1 aromatic carbocycles. The van der Waals surface area contributed by atoms with E-state index in [4.69, 9.17) is 5.73 Å². The Morgan fingerprint density at radius 1 is 1.00 bits per heavy atom. The van der Waals surface area contributed by atoms with Gasteiger partial charge in [0.25, 0.3) is 0 Å². The first-order valence-electron chi connectivity index (χ1n) is 5.54. The smallest absolute Gasteiger partial charge is 0.0292 e. The van der Waals surface area contributed by atoms with E-state index in [1.807, 2.05) is 0 Å².